The molecule has 0 aromatic rings. The van der Waals surface area contributed by atoms with Crippen molar-refractivity contribution in [2.75, 3.05) is 13.7 Å². The molecule has 0 aromatic carbocycles. The lowest BCUT2D eigenvalue weighted by Crippen LogP contribution is -2.34. The van der Waals surface area contributed by atoms with E-state index in [1.807, 2.05) is 0 Å². The summed E-state index contributed by atoms with van der Waals surface area (Å²) in [5.74, 6) is -0.547. The van der Waals surface area contributed by atoms with Crippen LogP contribution in [0.2, 0.25) is 0 Å². The summed E-state index contributed by atoms with van der Waals surface area (Å²) in [5, 5.41) is 18.4. The molecule has 13 heavy (non-hydrogen) atoms. The second kappa shape index (κ2) is 4.58. The van der Waals surface area contributed by atoms with Crippen molar-refractivity contribution >= 4 is 5.97 Å². The molecule has 3 atom stereocenters. The molecule has 1 aliphatic carbocycles. The van der Waals surface area contributed by atoms with Crippen LogP contribution in [-0.2, 0) is 9.53 Å². The Balaban J connectivity index is 2.49. The van der Waals surface area contributed by atoms with E-state index in [0.29, 0.717) is 19.3 Å². The van der Waals surface area contributed by atoms with E-state index in [2.05, 4.69) is 4.74 Å². The average molecular weight is 188 g/mol. The number of rotatable bonds is 2. The van der Waals surface area contributed by atoms with Gasteiger partial charge in [0.1, 0.15) is 0 Å². The first kappa shape index (κ1) is 10.5. The van der Waals surface area contributed by atoms with Crippen LogP contribution in [0.15, 0.2) is 0 Å². The molecule has 0 heterocycles. The van der Waals surface area contributed by atoms with E-state index in [0.717, 1.165) is 0 Å². The van der Waals surface area contributed by atoms with Gasteiger partial charge in [-0.25, -0.2) is 0 Å². The standard InChI is InChI=1S/C9H16O4/c1-13-9(12)6-2-3-8(11)7(4-6)5-10/h6-8,10-11H,2-5H2,1H3. The van der Waals surface area contributed by atoms with Crippen molar-refractivity contribution in [1.82, 2.24) is 0 Å². The predicted molar refractivity (Wildman–Crippen MR) is 45.9 cm³/mol. The summed E-state index contributed by atoms with van der Waals surface area (Å²) in [7, 11) is 1.36. The van der Waals surface area contributed by atoms with Crippen LogP contribution in [0, 0.1) is 11.8 Å². The minimum Gasteiger partial charge on any atom is -0.469 e. The van der Waals surface area contributed by atoms with Gasteiger partial charge in [-0.05, 0) is 19.3 Å². The van der Waals surface area contributed by atoms with Gasteiger partial charge in [-0.1, -0.05) is 0 Å². The maximum Gasteiger partial charge on any atom is 0.308 e. The van der Waals surface area contributed by atoms with E-state index in [1.165, 1.54) is 7.11 Å². The molecular formula is C9H16O4. The monoisotopic (exact) mass is 188 g/mol. The lowest BCUT2D eigenvalue weighted by atomic mass is 9.80. The van der Waals surface area contributed by atoms with E-state index < -0.39 is 6.10 Å². The van der Waals surface area contributed by atoms with Crippen LogP contribution in [0.3, 0.4) is 0 Å². The van der Waals surface area contributed by atoms with Crippen molar-refractivity contribution in [3.05, 3.63) is 0 Å². The van der Waals surface area contributed by atoms with Crippen molar-refractivity contribution in [2.24, 2.45) is 11.8 Å². The van der Waals surface area contributed by atoms with E-state index >= 15 is 0 Å². The highest BCUT2D eigenvalue weighted by Gasteiger charge is 2.32. The Morgan fingerprint density at radius 2 is 2.23 bits per heavy atom. The Kier molecular flexibility index (Phi) is 3.69. The zero-order chi connectivity index (χ0) is 9.84. The number of carbonyl (C=O) groups excluding carboxylic acids is 1. The summed E-state index contributed by atoms with van der Waals surface area (Å²) >= 11 is 0. The number of hydrogen-bond acceptors (Lipinski definition) is 4. The van der Waals surface area contributed by atoms with Gasteiger partial charge in [0.05, 0.1) is 19.1 Å². The number of hydrogen-bond donors (Lipinski definition) is 2. The number of aliphatic hydroxyl groups is 2. The summed E-state index contributed by atoms with van der Waals surface area (Å²) in [4.78, 5) is 11.1. The van der Waals surface area contributed by atoms with Crippen LogP contribution in [0.1, 0.15) is 19.3 Å². The number of carbonyl (C=O) groups is 1. The van der Waals surface area contributed by atoms with E-state index in [-0.39, 0.29) is 24.4 Å². The quantitative estimate of drug-likeness (QED) is 0.595. The second-order valence-corrected chi connectivity index (χ2v) is 3.54. The zero-order valence-electron chi connectivity index (χ0n) is 7.77. The largest absolute Gasteiger partial charge is 0.469 e. The Morgan fingerprint density at radius 1 is 1.54 bits per heavy atom. The normalized spacial score (nSPS) is 34.2. The van der Waals surface area contributed by atoms with Crippen molar-refractivity contribution in [3.63, 3.8) is 0 Å². The predicted octanol–water partition coefficient (Wildman–Crippen LogP) is -0.0711. The Morgan fingerprint density at radius 3 is 2.77 bits per heavy atom. The van der Waals surface area contributed by atoms with Gasteiger partial charge in [-0.3, -0.25) is 4.79 Å². The van der Waals surface area contributed by atoms with E-state index in [4.69, 9.17) is 5.11 Å². The second-order valence-electron chi connectivity index (χ2n) is 3.54. The van der Waals surface area contributed by atoms with Gasteiger partial charge in [0.15, 0.2) is 0 Å². The highest BCUT2D eigenvalue weighted by molar-refractivity contribution is 5.72. The molecule has 4 nitrogen and oxygen atoms in total. The first-order chi connectivity index (χ1) is 6.19. The lowest BCUT2D eigenvalue weighted by Gasteiger charge is -2.30. The SMILES string of the molecule is COC(=O)C1CCC(O)C(CO)C1. The third kappa shape index (κ3) is 2.42. The first-order valence-corrected chi connectivity index (χ1v) is 4.55. The van der Waals surface area contributed by atoms with E-state index in [1.54, 1.807) is 0 Å². The third-order valence-corrected chi connectivity index (χ3v) is 2.71. The molecule has 2 N–H and O–H groups in total. The molecule has 0 bridgehead atoms. The molecule has 0 amide bonds. The molecule has 0 aliphatic heterocycles. The van der Waals surface area contributed by atoms with Crippen LogP contribution in [0.25, 0.3) is 0 Å². The molecule has 4 heteroatoms. The van der Waals surface area contributed by atoms with Crippen LogP contribution in [0.5, 0.6) is 0 Å². The van der Waals surface area contributed by atoms with Gasteiger partial charge in [-0.2, -0.15) is 0 Å². The number of ether oxygens (including phenoxy) is 1. The van der Waals surface area contributed by atoms with Gasteiger partial charge >= 0.3 is 5.97 Å². The number of aliphatic hydroxyl groups excluding tert-OH is 2. The Hall–Kier alpha value is -0.610. The number of esters is 1. The van der Waals surface area contributed by atoms with Crippen molar-refractivity contribution < 1.29 is 19.7 Å². The third-order valence-electron chi connectivity index (χ3n) is 2.71. The summed E-state index contributed by atoms with van der Waals surface area (Å²) < 4.78 is 4.62. The first-order valence-electron chi connectivity index (χ1n) is 4.55. The summed E-state index contributed by atoms with van der Waals surface area (Å²) in [6, 6.07) is 0. The zero-order valence-corrected chi connectivity index (χ0v) is 7.77. The lowest BCUT2D eigenvalue weighted by molar-refractivity contribution is -0.148. The summed E-state index contributed by atoms with van der Waals surface area (Å²) in [5.41, 5.74) is 0. The molecule has 0 saturated heterocycles. The maximum atomic E-state index is 11.1. The van der Waals surface area contributed by atoms with Gasteiger partial charge in [0, 0.05) is 12.5 Å². The van der Waals surface area contributed by atoms with Crippen LogP contribution < -0.4 is 0 Å². The fourth-order valence-electron chi connectivity index (χ4n) is 1.82. The minimum atomic E-state index is -0.467. The van der Waals surface area contributed by atoms with Crippen LogP contribution in [0.4, 0.5) is 0 Å². The molecule has 1 fully saturated rings. The van der Waals surface area contributed by atoms with Crippen molar-refractivity contribution in [1.29, 1.82) is 0 Å². The maximum absolute atomic E-state index is 11.1. The van der Waals surface area contributed by atoms with Gasteiger partial charge in [0.2, 0.25) is 0 Å². The van der Waals surface area contributed by atoms with Crippen LogP contribution in [-0.4, -0.2) is 36.0 Å². The molecule has 3 unspecified atom stereocenters. The topological polar surface area (TPSA) is 66.8 Å². The molecule has 1 saturated carbocycles. The molecule has 76 valence electrons. The molecule has 0 radical (unpaired) electrons. The van der Waals surface area contributed by atoms with Crippen molar-refractivity contribution in [3.8, 4) is 0 Å². The number of methoxy groups -OCH3 is 1. The summed E-state index contributed by atoms with van der Waals surface area (Å²) in [6.45, 7) is -0.0609. The highest BCUT2D eigenvalue weighted by atomic mass is 16.5. The molecular weight excluding hydrogens is 172 g/mol. The fraction of sp³-hybridized carbons (Fsp3) is 0.889. The minimum absolute atomic E-state index is 0.0609. The summed E-state index contributed by atoms with van der Waals surface area (Å²) in [6.07, 6.45) is 1.30. The van der Waals surface area contributed by atoms with E-state index in [9.17, 15) is 9.90 Å². The van der Waals surface area contributed by atoms with Crippen LogP contribution >= 0.6 is 0 Å². The van der Waals surface area contributed by atoms with Gasteiger partial charge in [-0.15, -0.1) is 0 Å². The molecule has 0 spiro atoms. The van der Waals surface area contributed by atoms with Gasteiger partial charge in [0.25, 0.3) is 0 Å². The molecule has 1 rings (SSSR count). The van der Waals surface area contributed by atoms with Gasteiger partial charge < -0.3 is 14.9 Å². The average Bonchev–Trinajstić information content (AvgIpc) is 2.17. The highest BCUT2D eigenvalue weighted by Crippen LogP contribution is 2.29. The van der Waals surface area contributed by atoms with Crippen molar-refractivity contribution in [2.45, 2.75) is 25.4 Å². The molecule has 1 aliphatic rings. The fourth-order valence-corrected chi connectivity index (χ4v) is 1.82. The Labute approximate surface area is 77.5 Å². The Bertz CT molecular complexity index is 180. The smallest absolute Gasteiger partial charge is 0.308 e. The molecule has 0 aromatic heterocycles.